The zero-order valence-corrected chi connectivity index (χ0v) is 12.7. The van der Waals surface area contributed by atoms with Crippen LogP contribution in [0, 0.1) is 11.7 Å². The highest BCUT2D eigenvalue weighted by molar-refractivity contribution is 5.50. The quantitative estimate of drug-likeness (QED) is 0.867. The number of hydrogen-bond donors (Lipinski definition) is 1. The van der Waals surface area contributed by atoms with Crippen molar-refractivity contribution in [3.05, 3.63) is 24.0 Å². The van der Waals surface area contributed by atoms with Crippen LogP contribution in [0.3, 0.4) is 0 Å². The summed E-state index contributed by atoms with van der Waals surface area (Å²) in [4.78, 5) is 2.26. The van der Waals surface area contributed by atoms with Gasteiger partial charge in [0.25, 0.3) is 0 Å². The van der Waals surface area contributed by atoms with E-state index in [9.17, 15) is 4.39 Å². The lowest BCUT2D eigenvalue weighted by Gasteiger charge is -2.20. The van der Waals surface area contributed by atoms with Gasteiger partial charge in [-0.05, 0) is 37.9 Å². The van der Waals surface area contributed by atoms with E-state index >= 15 is 0 Å². The van der Waals surface area contributed by atoms with Crippen LogP contribution < -0.4 is 15.0 Å². The Morgan fingerprint density at radius 1 is 1.45 bits per heavy atom. The number of rotatable bonds is 6. The van der Waals surface area contributed by atoms with Gasteiger partial charge in [-0.1, -0.05) is 13.8 Å². The van der Waals surface area contributed by atoms with Crippen LogP contribution in [0.2, 0.25) is 0 Å². The third-order valence-corrected chi connectivity index (χ3v) is 3.68. The Morgan fingerprint density at radius 2 is 2.25 bits per heavy atom. The molecule has 3 nitrogen and oxygen atoms in total. The smallest absolute Gasteiger partial charge is 0.167 e. The Labute approximate surface area is 121 Å². The van der Waals surface area contributed by atoms with Crippen LogP contribution in [0.4, 0.5) is 10.1 Å². The van der Waals surface area contributed by atoms with Gasteiger partial charge >= 0.3 is 0 Å². The third-order valence-electron chi connectivity index (χ3n) is 3.68. The van der Waals surface area contributed by atoms with Gasteiger partial charge in [0, 0.05) is 30.9 Å². The summed E-state index contributed by atoms with van der Waals surface area (Å²) in [7, 11) is 0. The summed E-state index contributed by atoms with van der Waals surface area (Å²) in [6.45, 7) is 9.70. The number of anilines is 1. The fourth-order valence-electron chi connectivity index (χ4n) is 2.60. The van der Waals surface area contributed by atoms with Crippen molar-refractivity contribution in [2.75, 3.05) is 31.1 Å². The molecule has 1 saturated heterocycles. The summed E-state index contributed by atoms with van der Waals surface area (Å²) >= 11 is 0. The molecule has 0 aromatic heterocycles. The first-order chi connectivity index (χ1) is 9.60. The van der Waals surface area contributed by atoms with Crippen LogP contribution >= 0.6 is 0 Å². The summed E-state index contributed by atoms with van der Waals surface area (Å²) in [6.07, 6.45) is 1.16. The maximum Gasteiger partial charge on any atom is 0.167 e. The van der Waals surface area contributed by atoms with Crippen molar-refractivity contribution < 1.29 is 9.13 Å². The number of nitrogens with one attached hydrogen (secondary N) is 1. The standard InChI is InChI=1S/C16H25FN2O/c1-4-20-16-6-5-14(9-15(16)17)19-8-7-13(11-19)10-18-12(2)3/h5-6,9,12-13,18H,4,7-8,10-11H2,1-3H3. The van der Waals surface area contributed by atoms with Crippen molar-refractivity contribution in [1.29, 1.82) is 0 Å². The topological polar surface area (TPSA) is 24.5 Å². The van der Waals surface area contributed by atoms with Crippen LogP contribution in [-0.4, -0.2) is 32.3 Å². The lowest BCUT2D eigenvalue weighted by molar-refractivity contribution is 0.321. The number of halogens is 1. The van der Waals surface area contributed by atoms with E-state index in [-0.39, 0.29) is 5.82 Å². The average Bonchev–Trinajstić information content (AvgIpc) is 2.88. The fourth-order valence-corrected chi connectivity index (χ4v) is 2.60. The van der Waals surface area contributed by atoms with E-state index in [1.165, 1.54) is 0 Å². The van der Waals surface area contributed by atoms with Gasteiger partial charge in [-0.3, -0.25) is 0 Å². The normalized spacial score (nSPS) is 18.9. The molecule has 0 aliphatic carbocycles. The zero-order chi connectivity index (χ0) is 14.5. The van der Waals surface area contributed by atoms with E-state index < -0.39 is 0 Å². The molecule has 0 spiro atoms. The van der Waals surface area contributed by atoms with Crippen LogP contribution in [0.25, 0.3) is 0 Å². The first kappa shape index (κ1) is 15.1. The van der Waals surface area contributed by atoms with Gasteiger partial charge in [-0.2, -0.15) is 0 Å². The van der Waals surface area contributed by atoms with E-state index in [1.807, 2.05) is 13.0 Å². The largest absolute Gasteiger partial charge is 0.491 e. The Balaban J connectivity index is 1.94. The van der Waals surface area contributed by atoms with Crippen molar-refractivity contribution in [3.8, 4) is 5.75 Å². The lowest BCUT2D eigenvalue weighted by atomic mass is 10.1. The first-order valence-electron chi connectivity index (χ1n) is 7.50. The third kappa shape index (κ3) is 3.85. The van der Waals surface area contributed by atoms with Crippen molar-refractivity contribution >= 4 is 5.69 Å². The average molecular weight is 280 g/mol. The number of ether oxygens (including phenoxy) is 1. The molecule has 20 heavy (non-hydrogen) atoms. The molecule has 0 saturated carbocycles. The predicted octanol–water partition coefficient (Wildman–Crippen LogP) is 3.05. The highest BCUT2D eigenvalue weighted by Crippen LogP contribution is 2.28. The van der Waals surface area contributed by atoms with E-state index in [1.54, 1.807) is 12.1 Å². The molecule has 1 heterocycles. The van der Waals surface area contributed by atoms with Crippen LogP contribution in [0.1, 0.15) is 27.2 Å². The SMILES string of the molecule is CCOc1ccc(N2CCC(CNC(C)C)C2)cc1F. The summed E-state index contributed by atoms with van der Waals surface area (Å²) in [5, 5.41) is 3.48. The highest BCUT2D eigenvalue weighted by Gasteiger charge is 2.23. The highest BCUT2D eigenvalue weighted by atomic mass is 19.1. The monoisotopic (exact) mass is 280 g/mol. The second kappa shape index (κ2) is 6.93. The fraction of sp³-hybridized carbons (Fsp3) is 0.625. The molecule has 1 aliphatic heterocycles. The molecule has 1 aromatic rings. The maximum absolute atomic E-state index is 13.9. The van der Waals surface area contributed by atoms with Crippen molar-refractivity contribution in [2.24, 2.45) is 5.92 Å². The number of nitrogens with zero attached hydrogens (tertiary/aromatic N) is 1. The van der Waals surface area contributed by atoms with Crippen LogP contribution in [-0.2, 0) is 0 Å². The molecule has 0 amide bonds. The van der Waals surface area contributed by atoms with Crippen LogP contribution in [0.15, 0.2) is 18.2 Å². The van der Waals surface area contributed by atoms with Gasteiger partial charge in [-0.25, -0.2) is 4.39 Å². The first-order valence-corrected chi connectivity index (χ1v) is 7.50. The van der Waals surface area contributed by atoms with E-state index in [0.717, 1.165) is 31.7 Å². The molecule has 1 aliphatic rings. The van der Waals surface area contributed by atoms with Gasteiger partial charge in [-0.15, -0.1) is 0 Å². The molecule has 1 atom stereocenters. The summed E-state index contributed by atoms with van der Waals surface area (Å²) in [5.41, 5.74) is 0.956. The molecule has 0 bridgehead atoms. The van der Waals surface area contributed by atoms with Gasteiger partial charge in [0.1, 0.15) is 0 Å². The lowest BCUT2D eigenvalue weighted by Crippen LogP contribution is -2.30. The molecule has 4 heteroatoms. The van der Waals surface area contributed by atoms with E-state index in [2.05, 4.69) is 24.1 Å². The molecular formula is C16H25FN2O. The van der Waals surface area contributed by atoms with Gasteiger partial charge < -0.3 is 15.0 Å². The Bertz CT molecular complexity index is 436. The molecule has 1 N–H and O–H groups in total. The predicted molar refractivity (Wildman–Crippen MR) is 81.0 cm³/mol. The Morgan fingerprint density at radius 3 is 2.90 bits per heavy atom. The molecule has 1 aromatic carbocycles. The summed E-state index contributed by atoms with van der Waals surface area (Å²) < 4.78 is 19.1. The second-order valence-electron chi connectivity index (χ2n) is 5.71. The molecular weight excluding hydrogens is 255 g/mol. The maximum atomic E-state index is 13.9. The van der Waals surface area contributed by atoms with Crippen LogP contribution in [0.5, 0.6) is 5.75 Å². The molecule has 1 fully saturated rings. The zero-order valence-electron chi connectivity index (χ0n) is 12.7. The van der Waals surface area contributed by atoms with Crippen molar-refractivity contribution in [1.82, 2.24) is 5.32 Å². The minimum absolute atomic E-state index is 0.270. The van der Waals surface area contributed by atoms with E-state index in [0.29, 0.717) is 24.3 Å². The van der Waals surface area contributed by atoms with Crippen molar-refractivity contribution in [2.45, 2.75) is 33.2 Å². The number of benzene rings is 1. The second-order valence-corrected chi connectivity index (χ2v) is 5.71. The van der Waals surface area contributed by atoms with E-state index in [4.69, 9.17) is 4.74 Å². The molecule has 0 radical (unpaired) electrons. The van der Waals surface area contributed by atoms with Gasteiger partial charge in [0.2, 0.25) is 0 Å². The van der Waals surface area contributed by atoms with Gasteiger partial charge in [0.15, 0.2) is 11.6 Å². The summed E-state index contributed by atoms with van der Waals surface area (Å²) in [6, 6.07) is 5.79. The number of hydrogen-bond acceptors (Lipinski definition) is 3. The molecule has 112 valence electrons. The molecule has 2 rings (SSSR count). The Hall–Kier alpha value is -1.29. The molecule has 1 unspecified atom stereocenters. The van der Waals surface area contributed by atoms with Gasteiger partial charge in [0.05, 0.1) is 6.61 Å². The Kier molecular flexibility index (Phi) is 5.24. The minimum atomic E-state index is -0.270. The summed E-state index contributed by atoms with van der Waals surface area (Å²) in [5.74, 6) is 0.716. The minimum Gasteiger partial charge on any atom is -0.491 e. The van der Waals surface area contributed by atoms with Crippen molar-refractivity contribution in [3.63, 3.8) is 0 Å².